The van der Waals surface area contributed by atoms with Crippen LogP contribution >= 0.6 is 0 Å². The first kappa shape index (κ1) is 7.98. The molecule has 0 amide bonds. The van der Waals surface area contributed by atoms with Crippen molar-refractivity contribution in [3.63, 3.8) is 0 Å². The second kappa shape index (κ2) is 3.32. The maximum Gasteiger partial charge on any atom is 0.0484 e. The summed E-state index contributed by atoms with van der Waals surface area (Å²) in [6.07, 6.45) is 2.96. The molecule has 1 atom stereocenters. The highest BCUT2D eigenvalue weighted by Crippen LogP contribution is 2.16. The Bertz CT molecular complexity index is 97.8. The van der Waals surface area contributed by atoms with E-state index in [1.54, 1.807) is 0 Å². The fourth-order valence-electron chi connectivity index (χ4n) is 1.23. The van der Waals surface area contributed by atoms with E-state index in [4.69, 9.17) is 16.2 Å². The molecule has 0 aliphatic carbocycles. The molecule has 1 fully saturated rings. The van der Waals surface area contributed by atoms with Crippen molar-refractivity contribution in [2.45, 2.75) is 24.8 Å². The lowest BCUT2D eigenvalue weighted by atomic mass is 9.92. The molecule has 0 saturated carbocycles. The number of hydrogen-bond donors (Lipinski definition) is 2. The second-order valence-corrected chi connectivity index (χ2v) is 3.03. The van der Waals surface area contributed by atoms with Crippen molar-refractivity contribution in [2.75, 3.05) is 19.8 Å². The van der Waals surface area contributed by atoms with Gasteiger partial charge in [0.2, 0.25) is 0 Å². The van der Waals surface area contributed by atoms with E-state index in [0.29, 0.717) is 6.54 Å². The van der Waals surface area contributed by atoms with Crippen molar-refractivity contribution < 1.29 is 4.74 Å². The molecule has 0 aromatic heterocycles. The average molecular weight is 144 g/mol. The lowest BCUT2D eigenvalue weighted by Crippen LogP contribution is -2.47. The summed E-state index contributed by atoms with van der Waals surface area (Å²) in [4.78, 5) is 0. The molecule has 4 N–H and O–H groups in total. The molecule has 0 aromatic rings. The number of rotatable bonds is 1. The Hall–Kier alpha value is -0.120. The van der Waals surface area contributed by atoms with Gasteiger partial charge in [-0.15, -0.1) is 0 Å². The molecular weight excluding hydrogens is 128 g/mol. The Morgan fingerprint density at radius 3 is 2.80 bits per heavy atom. The zero-order valence-corrected chi connectivity index (χ0v) is 6.31. The standard InChI is InChI=1S/C7H16N2O/c8-6-7(9)2-1-4-10-5-3-7/h1-6,8-9H2. The van der Waals surface area contributed by atoms with Gasteiger partial charge < -0.3 is 16.2 Å². The molecule has 3 nitrogen and oxygen atoms in total. The van der Waals surface area contributed by atoms with Crippen molar-refractivity contribution in [1.82, 2.24) is 0 Å². The predicted octanol–water partition coefficient (Wildman–Crippen LogP) is -0.157. The Kier molecular flexibility index (Phi) is 2.65. The van der Waals surface area contributed by atoms with Crippen LogP contribution in [0.1, 0.15) is 19.3 Å². The van der Waals surface area contributed by atoms with E-state index in [9.17, 15) is 0 Å². The van der Waals surface area contributed by atoms with Gasteiger partial charge in [-0.1, -0.05) is 0 Å². The van der Waals surface area contributed by atoms with Gasteiger partial charge in [0, 0.05) is 25.3 Å². The number of ether oxygens (including phenoxy) is 1. The van der Waals surface area contributed by atoms with Gasteiger partial charge in [0.1, 0.15) is 0 Å². The van der Waals surface area contributed by atoms with E-state index in [1.807, 2.05) is 0 Å². The summed E-state index contributed by atoms with van der Waals surface area (Å²) in [6.45, 7) is 2.20. The van der Waals surface area contributed by atoms with Crippen LogP contribution in [-0.4, -0.2) is 25.3 Å². The summed E-state index contributed by atoms with van der Waals surface area (Å²) in [5.41, 5.74) is 11.3. The first-order valence-corrected chi connectivity index (χ1v) is 3.83. The zero-order chi connectivity index (χ0) is 7.45. The predicted molar refractivity (Wildman–Crippen MR) is 40.6 cm³/mol. The summed E-state index contributed by atoms with van der Waals surface area (Å²) in [5, 5.41) is 0. The molecule has 10 heavy (non-hydrogen) atoms. The summed E-state index contributed by atoms with van der Waals surface area (Å²) in [5.74, 6) is 0. The third-order valence-electron chi connectivity index (χ3n) is 2.11. The van der Waals surface area contributed by atoms with E-state index in [1.165, 1.54) is 0 Å². The molecule has 1 aliphatic heterocycles. The molecular formula is C7H16N2O. The van der Waals surface area contributed by atoms with Gasteiger partial charge in [-0.3, -0.25) is 0 Å². The molecule has 1 heterocycles. The van der Waals surface area contributed by atoms with Crippen LogP contribution in [0, 0.1) is 0 Å². The van der Waals surface area contributed by atoms with Gasteiger partial charge in [-0.25, -0.2) is 0 Å². The maximum absolute atomic E-state index is 5.95. The highest BCUT2D eigenvalue weighted by atomic mass is 16.5. The van der Waals surface area contributed by atoms with E-state index < -0.39 is 0 Å². The fourth-order valence-corrected chi connectivity index (χ4v) is 1.23. The van der Waals surface area contributed by atoms with E-state index in [2.05, 4.69) is 0 Å². The molecule has 3 heteroatoms. The van der Waals surface area contributed by atoms with Crippen molar-refractivity contribution >= 4 is 0 Å². The van der Waals surface area contributed by atoms with Gasteiger partial charge in [-0.05, 0) is 19.3 Å². The molecule has 0 radical (unpaired) electrons. The van der Waals surface area contributed by atoms with Crippen LogP contribution in [0.5, 0.6) is 0 Å². The maximum atomic E-state index is 5.95. The van der Waals surface area contributed by atoms with Gasteiger partial charge in [0.15, 0.2) is 0 Å². The second-order valence-electron chi connectivity index (χ2n) is 3.03. The molecule has 1 aliphatic rings. The highest BCUT2D eigenvalue weighted by Gasteiger charge is 2.24. The van der Waals surface area contributed by atoms with Crippen molar-refractivity contribution in [2.24, 2.45) is 11.5 Å². The Labute approximate surface area is 61.7 Å². The van der Waals surface area contributed by atoms with Crippen LogP contribution in [0.3, 0.4) is 0 Å². The Balaban J connectivity index is 2.41. The molecule has 0 aromatic carbocycles. The summed E-state index contributed by atoms with van der Waals surface area (Å²) < 4.78 is 5.26. The van der Waals surface area contributed by atoms with Crippen LogP contribution in [0.2, 0.25) is 0 Å². The fraction of sp³-hybridized carbons (Fsp3) is 1.00. The molecule has 1 unspecified atom stereocenters. The van der Waals surface area contributed by atoms with Crippen LogP contribution in [-0.2, 0) is 4.74 Å². The third kappa shape index (κ3) is 1.94. The lowest BCUT2D eigenvalue weighted by molar-refractivity contribution is 0.140. The smallest absolute Gasteiger partial charge is 0.0484 e. The minimum atomic E-state index is -0.142. The van der Waals surface area contributed by atoms with Gasteiger partial charge >= 0.3 is 0 Å². The van der Waals surface area contributed by atoms with Gasteiger partial charge in [-0.2, -0.15) is 0 Å². The Morgan fingerprint density at radius 1 is 1.30 bits per heavy atom. The first-order valence-electron chi connectivity index (χ1n) is 3.83. The minimum absolute atomic E-state index is 0.142. The summed E-state index contributed by atoms with van der Waals surface area (Å²) in [7, 11) is 0. The van der Waals surface area contributed by atoms with Crippen LogP contribution in [0.25, 0.3) is 0 Å². The van der Waals surface area contributed by atoms with E-state index in [0.717, 1.165) is 32.5 Å². The van der Waals surface area contributed by atoms with Crippen molar-refractivity contribution in [3.05, 3.63) is 0 Å². The SMILES string of the molecule is NCC1(N)CCCOCC1. The summed E-state index contributed by atoms with van der Waals surface area (Å²) in [6, 6.07) is 0. The zero-order valence-electron chi connectivity index (χ0n) is 6.31. The van der Waals surface area contributed by atoms with Crippen molar-refractivity contribution in [3.8, 4) is 0 Å². The van der Waals surface area contributed by atoms with E-state index in [-0.39, 0.29) is 5.54 Å². The Morgan fingerprint density at radius 2 is 2.10 bits per heavy atom. The van der Waals surface area contributed by atoms with Crippen LogP contribution in [0.15, 0.2) is 0 Å². The molecule has 0 bridgehead atoms. The van der Waals surface area contributed by atoms with Gasteiger partial charge in [0.05, 0.1) is 0 Å². The molecule has 60 valence electrons. The minimum Gasteiger partial charge on any atom is -0.381 e. The molecule has 1 saturated heterocycles. The largest absolute Gasteiger partial charge is 0.381 e. The van der Waals surface area contributed by atoms with Crippen LogP contribution < -0.4 is 11.5 Å². The van der Waals surface area contributed by atoms with Crippen molar-refractivity contribution in [1.29, 1.82) is 0 Å². The number of hydrogen-bond acceptors (Lipinski definition) is 3. The van der Waals surface area contributed by atoms with Gasteiger partial charge in [0.25, 0.3) is 0 Å². The molecule has 1 rings (SSSR count). The molecule has 0 spiro atoms. The average Bonchev–Trinajstić information content (AvgIpc) is 2.15. The third-order valence-corrected chi connectivity index (χ3v) is 2.11. The first-order chi connectivity index (χ1) is 4.77. The van der Waals surface area contributed by atoms with E-state index >= 15 is 0 Å². The number of nitrogens with two attached hydrogens (primary N) is 2. The quantitative estimate of drug-likeness (QED) is 0.537. The normalized spacial score (nSPS) is 35.4. The summed E-state index contributed by atoms with van der Waals surface area (Å²) >= 11 is 0. The van der Waals surface area contributed by atoms with Crippen LogP contribution in [0.4, 0.5) is 0 Å². The topological polar surface area (TPSA) is 61.3 Å². The monoisotopic (exact) mass is 144 g/mol. The highest BCUT2D eigenvalue weighted by molar-refractivity contribution is 4.85. The lowest BCUT2D eigenvalue weighted by Gasteiger charge is -2.24.